The van der Waals surface area contributed by atoms with Crippen LogP contribution in [0.1, 0.15) is 48.8 Å². The minimum atomic E-state index is -3.45. The zero-order valence-corrected chi connectivity index (χ0v) is 14.5. The lowest BCUT2D eigenvalue weighted by Gasteiger charge is -2.20. The molecule has 4 nitrogen and oxygen atoms in total. The third-order valence-corrected chi connectivity index (χ3v) is 3.24. The Labute approximate surface area is 168 Å². The first kappa shape index (κ1) is 10.8. The third kappa shape index (κ3) is 6.77. The monoisotopic (exact) mass is 372 g/mol. The molecule has 0 radical (unpaired) electrons. The van der Waals surface area contributed by atoms with E-state index >= 15 is 0 Å². The maximum absolute atomic E-state index is 12.7. The number of carbonyl (C=O) groups excluding carboxylic acids is 1. The first-order valence-corrected chi connectivity index (χ1v) is 7.27. The number of methoxy groups -OCH3 is 1. The average Bonchev–Trinajstić information content (AvgIpc) is 2.70. The molecular formula is C20H26ClNO3. The van der Waals surface area contributed by atoms with Crippen LogP contribution in [0.4, 0.5) is 0 Å². The lowest BCUT2D eigenvalue weighted by molar-refractivity contribution is 0.0981. The van der Waals surface area contributed by atoms with E-state index in [9.17, 15) is 4.79 Å². The van der Waals surface area contributed by atoms with Crippen molar-refractivity contribution in [1.82, 2.24) is 5.32 Å². The van der Waals surface area contributed by atoms with Crippen molar-refractivity contribution in [2.45, 2.75) is 32.7 Å². The molecule has 0 atom stereocenters. The number of ether oxygens (including phenoxy) is 2. The van der Waals surface area contributed by atoms with Crippen LogP contribution >= 0.6 is 12.4 Å². The van der Waals surface area contributed by atoms with E-state index in [4.69, 9.17) is 21.8 Å². The molecule has 0 bridgehead atoms. The van der Waals surface area contributed by atoms with Crippen molar-refractivity contribution in [2.24, 2.45) is 0 Å². The standard InChI is InChI=1S/C20H25NO3.ClH/c1-20(2,3)21-13-17(22)16-10-11-18(19(12-16)23-4)24-14-15-8-6-5-7-9-15;/h5-12,21H,13-14H2,1-4H3;1H/i1D3,2D3,3D3;. The van der Waals surface area contributed by atoms with E-state index in [0.29, 0.717) is 5.75 Å². The summed E-state index contributed by atoms with van der Waals surface area (Å²) < 4.78 is 79.5. The maximum atomic E-state index is 12.7. The zero-order chi connectivity index (χ0) is 25.1. The number of rotatable bonds is 7. The van der Waals surface area contributed by atoms with Gasteiger partial charge in [-0.15, -0.1) is 12.4 Å². The van der Waals surface area contributed by atoms with Crippen LogP contribution in [0.5, 0.6) is 11.5 Å². The van der Waals surface area contributed by atoms with E-state index in [0.717, 1.165) is 5.56 Å². The highest BCUT2D eigenvalue weighted by Gasteiger charge is 2.15. The lowest BCUT2D eigenvalue weighted by atomic mass is 10.1. The minimum Gasteiger partial charge on any atom is -0.493 e. The molecule has 2 rings (SSSR count). The number of Topliss-reactive ketones (excluding diaryl/α,β-unsaturated/α-hetero) is 1. The SMILES string of the molecule is Cl.[2H]C([2H])([2H])C(NCC(=O)c1ccc(OCc2ccccc2)c(OC)c1)(C([2H])([2H])[2H])C([2H])([2H])[2H]. The second-order valence-electron chi connectivity index (χ2n) is 5.17. The van der Waals surface area contributed by atoms with E-state index in [1.54, 1.807) is 0 Å². The normalized spacial score (nSPS) is 17.6. The Morgan fingerprint density at radius 3 is 2.48 bits per heavy atom. The largest absolute Gasteiger partial charge is 0.493 e. The van der Waals surface area contributed by atoms with Crippen molar-refractivity contribution in [3.8, 4) is 11.5 Å². The van der Waals surface area contributed by atoms with Crippen LogP contribution in [0, 0.1) is 0 Å². The number of hydrogen-bond donors (Lipinski definition) is 1. The number of hydrogen-bond acceptors (Lipinski definition) is 4. The predicted octanol–water partition coefficient (Wildman–Crippen LogP) is 4.27. The second-order valence-corrected chi connectivity index (χ2v) is 5.17. The lowest BCUT2D eigenvalue weighted by Crippen LogP contribution is -2.39. The Morgan fingerprint density at radius 2 is 1.84 bits per heavy atom. The van der Waals surface area contributed by atoms with Crippen molar-refractivity contribution < 1.29 is 26.6 Å². The fourth-order valence-electron chi connectivity index (χ4n) is 2.01. The first-order chi connectivity index (χ1) is 15.1. The van der Waals surface area contributed by atoms with Crippen LogP contribution in [0.25, 0.3) is 0 Å². The molecule has 0 aliphatic carbocycles. The van der Waals surface area contributed by atoms with Crippen LogP contribution in [0.2, 0.25) is 0 Å². The molecule has 0 aromatic heterocycles. The van der Waals surface area contributed by atoms with Crippen molar-refractivity contribution in [3.63, 3.8) is 0 Å². The Kier molecular flexibility index (Phi) is 4.10. The molecule has 2 aromatic rings. The molecule has 136 valence electrons. The average molecular weight is 373 g/mol. The van der Waals surface area contributed by atoms with E-state index in [1.165, 1.54) is 25.3 Å². The van der Waals surface area contributed by atoms with Gasteiger partial charge < -0.3 is 14.8 Å². The Bertz CT molecular complexity index is 924. The van der Waals surface area contributed by atoms with Crippen LogP contribution in [-0.4, -0.2) is 25.0 Å². The quantitative estimate of drug-likeness (QED) is 0.737. The smallest absolute Gasteiger partial charge is 0.176 e. The summed E-state index contributed by atoms with van der Waals surface area (Å²) >= 11 is 0. The highest BCUT2D eigenvalue weighted by atomic mass is 35.5. The summed E-state index contributed by atoms with van der Waals surface area (Å²) in [5.74, 6) is -0.136. The van der Waals surface area contributed by atoms with Crippen molar-refractivity contribution in [1.29, 1.82) is 0 Å². The fraction of sp³-hybridized carbons (Fsp3) is 0.350. The van der Waals surface area contributed by atoms with Crippen LogP contribution in [0.15, 0.2) is 48.5 Å². The predicted molar refractivity (Wildman–Crippen MR) is 103 cm³/mol. The van der Waals surface area contributed by atoms with E-state index in [2.05, 4.69) is 0 Å². The summed E-state index contributed by atoms with van der Waals surface area (Å²) in [5.41, 5.74) is -2.31. The van der Waals surface area contributed by atoms with Gasteiger partial charge in [0.15, 0.2) is 17.3 Å². The molecule has 0 amide bonds. The molecular weight excluding hydrogens is 338 g/mol. The van der Waals surface area contributed by atoms with E-state index < -0.39 is 38.4 Å². The highest BCUT2D eigenvalue weighted by Crippen LogP contribution is 2.29. The third-order valence-electron chi connectivity index (χ3n) is 3.24. The van der Waals surface area contributed by atoms with Crippen molar-refractivity contribution in [3.05, 3.63) is 59.7 Å². The second kappa shape index (κ2) is 9.44. The van der Waals surface area contributed by atoms with Crippen LogP contribution < -0.4 is 14.8 Å². The van der Waals surface area contributed by atoms with E-state index in [1.807, 2.05) is 35.6 Å². The van der Waals surface area contributed by atoms with Crippen molar-refractivity contribution >= 4 is 18.2 Å². The maximum Gasteiger partial charge on any atom is 0.176 e. The summed E-state index contributed by atoms with van der Waals surface area (Å²) in [4.78, 5) is 12.7. The molecule has 0 heterocycles. The van der Waals surface area contributed by atoms with Gasteiger partial charge in [-0.2, -0.15) is 0 Å². The molecule has 0 aliphatic rings. The summed E-state index contributed by atoms with van der Waals surface area (Å²) in [6, 6.07) is 13.6. The molecule has 25 heavy (non-hydrogen) atoms. The number of halogens is 1. The number of carbonyl (C=O) groups is 1. The van der Waals surface area contributed by atoms with E-state index in [-0.39, 0.29) is 30.3 Å². The number of ketones is 1. The fourth-order valence-corrected chi connectivity index (χ4v) is 2.01. The summed E-state index contributed by atoms with van der Waals surface area (Å²) in [6.45, 7) is -10.9. The molecule has 0 aliphatic heterocycles. The Morgan fingerprint density at radius 1 is 1.12 bits per heavy atom. The van der Waals surface area contributed by atoms with Gasteiger partial charge in [0.1, 0.15) is 6.61 Å². The molecule has 0 fully saturated rings. The topological polar surface area (TPSA) is 47.6 Å². The van der Waals surface area contributed by atoms with Gasteiger partial charge in [0, 0.05) is 23.4 Å². The molecule has 1 N–H and O–H groups in total. The summed E-state index contributed by atoms with van der Waals surface area (Å²) in [6.07, 6.45) is 0. The van der Waals surface area contributed by atoms with Crippen LogP contribution in [0.3, 0.4) is 0 Å². The number of nitrogens with one attached hydrogen (secondary N) is 1. The van der Waals surface area contributed by atoms with Gasteiger partial charge in [-0.25, -0.2) is 0 Å². The highest BCUT2D eigenvalue weighted by molar-refractivity contribution is 5.98. The molecule has 5 heteroatoms. The van der Waals surface area contributed by atoms with Gasteiger partial charge in [-0.05, 0) is 44.3 Å². The van der Waals surface area contributed by atoms with Crippen LogP contribution in [-0.2, 0) is 6.61 Å². The summed E-state index contributed by atoms with van der Waals surface area (Å²) in [7, 11) is 1.38. The Hall–Kier alpha value is -2.04. The molecule has 2 aromatic carbocycles. The van der Waals surface area contributed by atoms with Gasteiger partial charge in [0.25, 0.3) is 0 Å². The molecule has 0 saturated carbocycles. The van der Waals surface area contributed by atoms with Gasteiger partial charge >= 0.3 is 0 Å². The van der Waals surface area contributed by atoms with Gasteiger partial charge in [-0.1, -0.05) is 30.3 Å². The van der Waals surface area contributed by atoms with Gasteiger partial charge in [0.05, 0.1) is 13.7 Å². The molecule has 0 unspecified atom stereocenters. The summed E-state index contributed by atoms with van der Waals surface area (Å²) in [5, 5.41) is 2.04. The number of benzene rings is 2. The first-order valence-electron chi connectivity index (χ1n) is 11.8. The zero-order valence-electron chi connectivity index (χ0n) is 22.7. The van der Waals surface area contributed by atoms with Gasteiger partial charge in [0.2, 0.25) is 0 Å². The molecule has 0 spiro atoms. The van der Waals surface area contributed by atoms with Crippen molar-refractivity contribution in [2.75, 3.05) is 13.7 Å². The Balaban J connectivity index is 0.00000578. The van der Waals surface area contributed by atoms with Gasteiger partial charge in [-0.3, -0.25) is 4.79 Å². The minimum absolute atomic E-state index is 0. The molecule has 0 saturated heterocycles.